The second-order valence-corrected chi connectivity index (χ2v) is 8.40. The van der Waals surface area contributed by atoms with Gasteiger partial charge in [0, 0.05) is 6.42 Å². The second-order valence-electron chi connectivity index (χ2n) is 8.40. The number of carboxylic acid groups (broad SMARTS) is 1. The van der Waals surface area contributed by atoms with Crippen molar-refractivity contribution in [3.05, 3.63) is 11.5 Å². The third-order valence-corrected chi connectivity index (χ3v) is 5.47. The number of aliphatic hydroxyl groups is 4. The van der Waals surface area contributed by atoms with Crippen LogP contribution in [-0.2, 0) is 14.3 Å². The minimum atomic E-state index is -1.42. The van der Waals surface area contributed by atoms with Crippen LogP contribution in [0.15, 0.2) is 11.5 Å². The largest absolute Gasteiger partial charge is 0.505 e. The molecular formula is C24H44O8. The predicted octanol–water partition coefficient (Wildman–Crippen LogP) is 4.93. The van der Waals surface area contributed by atoms with Crippen molar-refractivity contribution in [3.8, 4) is 0 Å². The van der Waals surface area contributed by atoms with E-state index in [0.29, 0.717) is 6.42 Å². The Balaban J connectivity index is 0.000000677. The molecule has 1 heterocycles. The van der Waals surface area contributed by atoms with Gasteiger partial charge in [-0.25, -0.2) is 4.79 Å². The molecule has 0 saturated heterocycles. The highest BCUT2D eigenvalue weighted by molar-refractivity contribution is 5.89. The molecule has 0 aromatic rings. The van der Waals surface area contributed by atoms with Crippen LogP contribution >= 0.6 is 0 Å². The van der Waals surface area contributed by atoms with Crippen molar-refractivity contribution in [1.82, 2.24) is 0 Å². The van der Waals surface area contributed by atoms with E-state index in [1.165, 1.54) is 83.5 Å². The van der Waals surface area contributed by atoms with Gasteiger partial charge in [0.2, 0.25) is 5.76 Å². The van der Waals surface area contributed by atoms with E-state index in [1.54, 1.807) is 0 Å². The fraction of sp³-hybridized carbons (Fsp3) is 0.833. The van der Waals surface area contributed by atoms with Crippen LogP contribution in [0.5, 0.6) is 0 Å². The van der Waals surface area contributed by atoms with E-state index >= 15 is 0 Å². The van der Waals surface area contributed by atoms with Crippen molar-refractivity contribution in [3.63, 3.8) is 0 Å². The first-order valence-electron chi connectivity index (χ1n) is 12.2. The molecule has 5 N–H and O–H groups in total. The number of hydrogen-bond donors (Lipinski definition) is 5. The molecule has 0 aromatic carbocycles. The van der Waals surface area contributed by atoms with Crippen molar-refractivity contribution in [2.75, 3.05) is 6.61 Å². The first-order valence-corrected chi connectivity index (χ1v) is 12.2. The molecule has 0 aliphatic carbocycles. The van der Waals surface area contributed by atoms with E-state index in [2.05, 4.69) is 11.7 Å². The average molecular weight is 461 g/mol. The number of carbonyl (C=O) groups excluding carboxylic acids is 1. The number of cyclic esters (lactones) is 1. The molecule has 0 amide bonds. The number of rotatable bonds is 18. The van der Waals surface area contributed by atoms with Gasteiger partial charge in [-0.15, -0.1) is 0 Å². The molecule has 0 bridgehead atoms. The number of hydrogen-bond acceptors (Lipinski definition) is 7. The van der Waals surface area contributed by atoms with E-state index in [1.807, 2.05) is 0 Å². The zero-order valence-corrected chi connectivity index (χ0v) is 19.6. The van der Waals surface area contributed by atoms with Gasteiger partial charge in [0.1, 0.15) is 6.10 Å². The highest BCUT2D eigenvalue weighted by atomic mass is 16.6. The fourth-order valence-corrected chi connectivity index (χ4v) is 3.47. The molecule has 2 atom stereocenters. The van der Waals surface area contributed by atoms with E-state index in [-0.39, 0.29) is 0 Å². The van der Waals surface area contributed by atoms with Gasteiger partial charge in [0.25, 0.3) is 0 Å². The smallest absolute Gasteiger partial charge is 0.377 e. The lowest BCUT2D eigenvalue weighted by Crippen LogP contribution is -2.31. The standard InChI is InChI=1S/C18H36O2.C6H8O6/c1-2-3-4-5-6-7-8-9-10-11-12-13-14-15-16-17-18(19)20;7-1-2(8)5-3(9)4(10)6(11)12-5/h2-17H2,1H3,(H,19,20);2,5,7-10H,1H2/t;2-,5+/m.0/s1. The summed E-state index contributed by atoms with van der Waals surface area (Å²) in [7, 11) is 0. The maximum atomic E-state index is 10.5. The first-order chi connectivity index (χ1) is 15.3. The summed E-state index contributed by atoms with van der Waals surface area (Å²) in [6.07, 6.45) is 17.4. The summed E-state index contributed by atoms with van der Waals surface area (Å²) in [5.74, 6) is -3.43. The lowest BCUT2D eigenvalue weighted by molar-refractivity contribution is -0.147. The molecule has 0 unspecified atom stereocenters. The summed E-state index contributed by atoms with van der Waals surface area (Å²) in [6, 6.07) is 0. The van der Waals surface area contributed by atoms with Gasteiger partial charge < -0.3 is 30.3 Å². The molecule has 188 valence electrons. The van der Waals surface area contributed by atoms with Crippen LogP contribution < -0.4 is 0 Å². The minimum Gasteiger partial charge on any atom is -0.505 e. The summed E-state index contributed by atoms with van der Waals surface area (Å²) in [4.78, 5) is 20.9. The van der Waals surface area contributed by atoms with Crippen molar-refractivity contribution in [1.29, 1.82) is 0 Å². The minimum absolute atomic E-state index is 0.345. The second kappa shape index (κ2) is 19.9. The highest BCUT2D eigenvalue weighted by Gasteiger charge is 2.38. The third kappa shape index (κ3) is 15.1. The van der Waals surface area contributed by atoms with Crippen molar-refractivity contribution in [2.45, 2.75) is 122 Å². The monoisotopic (exact) mass is 460 g/mol. The molecule has 0 radical (unpaired) electrons. The van der Waals surface area contributed by atoms with E-state index < -0.39 is 42.3 Å². The number of aliphatic carboxylic acids is 1. The molecule has 8 nitrogen and oxygen atoms in total. The van der Waals surface area contributed by atoms with Crippen LogP contribution in [0.1, 0.15) is 110 Å². The van der Waals surface area contributed by atoms with Crippen LogP contribution in [0.3, 0.4) is 0 Å². The quantitative estimate of drug-likeness (QED) is 0.143. The maximum absolute atomic E-state index is 10.5. The molecule has 0 saturated carbocycles. The Kier molecular flexibility index (Phi) is 18.7. The fourth-order valence-electron chi connectivity index (χ4n) is 3.47. The maximum Gasteiger partial charge on any atom is 0.377 e. The Morgan fingerprint density at radius 2 is 1.25 bits per heavy atom. The molecule has 0 fully saturated rings. The molecule has 8 heteroatoms. The van der Waals surface area contributed by atoms with Gasteiger partial charge in [0.15, 0.2) is 11.9 Å². The van der Waals surface area contributed by atoms with Gasteiger partial charge in [0.05, 0.1) is 6.61 Å². The van der Waals surface area contributed by atoms with Gasteiger partial charge in [-0.3, -0.25) is 4.79 Å². The molecule has 1 aliphatic heterocycles. The normalized spacial score (nSPS) is 16.5. The third-order valence-electron chi connectivity index (χ3n) is 5.47. The van der Waals surface area contributed by atoms with Gasteiger partial charge >= 0.3 is 11.9 Å². The van der Waals surface area contributed by atoms with Crippen molar-refractivity contribution >= 4 is 11.9 Å². The van der Waals surface area contributed by atoms with Crippen LogP contribution in [0.2, 0.25) is 0 Å². The van der Waals surface area contributed by atoms with Gasteiger partial charge in [-0.1, -0.05) is 96.8 Å². The van der Waals surface area contributed by atoms with Crippen LogP contribution in [-0.4, -0.2) is 56.3 Å². The zero-order valence-electron chi connectivity index (χ0n) is 19.6. The Labute approximate surface area is 192 Å². The van der Waals surface area contributed by atoms with E-state index in [0.717, 1.165) is 12.8 Å². The van der Waals surface area contributed by atoms with E-state index in [9.17, 15) is 9.59 Å². The van der Waals surface area contributed by atoms with Gasteiger partial charge in [-0.2, -0.15) is 0 Å². The lowest BCUT2D eigenvalue weighted by atomic mass is 10.0. The molecule has 32 heavy (non-hydrogen) atoms. The van der Waals surface area contributed by atoms with Crippen LogP contribution in [0.4, 0.5) is 0 Å². The number of esters is 1. The average Bonchev–Trinajstić information content (AvgIpc) is 3.03. The SMILES string of the molecule is CCCCCCCCCCCCCCCCCC(=O)O.O=C1O[C@H]([C@@H](O)CO)C(O)=C1O. The first kappa shape index (κ1) is 30.2. The zero-order chi connectivity index (χ0) is 24.2. The summed E-state index contributed by atoms with van der Waals surface area (Å²) in [5.41, 5.74) is 0. The van der Waals surface area contributed by atoms with E-state index in [4.69, 9.17) is 25.5 Å². The predicted molar refractivity (Wildman–Crippen MR) is 122 cm³/mol. The van der Waals surface area contributed by atoms with Crippen LogP contribution in [0, 0.1) is 0 Å². The lowest BCUT2D eigenvalue weighted by Gasteiger charge is -2.13. The number of carbonyl (C=O) groups is 2. The Bertz CT molecular complexity index is 532. The summed E-state index contributed by atoms with van der Waals surface area (Å²) < 4.78 is 4.32. The summed E-state index contributed by atoms with van der Waals surface area (Å²) >= 11 is 0. The summed E-state index contributed by atoms with van der Waals surface area (Å²) in [5, 5.41) is 43.6. The Morgan fingerprint density at radius 1 is 0.844 bits per heavy atom. The van der Waals surface area contributed by atoms with Gasteiger partial charge in [-0.05, 0) is 6.42 Å². The Hall–Kier alpha value is -1.80. The van der Waals surface area contributed by atoms with Crippen LogP contribution in [0.25, 0.3) is 0 Å². The van der Waals surface area contributed by atoms with Crippen molar-refractivity contribution in [2.24, 2.45) is 0 Å². The number of unbranched alkanes of at least 4 members (excludes halogenated alkanes) is 14. The summed E-state index contributed by atoms with van der Waals surface area (Å²) in [6.45, 7) is 1.60. The molecule has 1 rings (SSSR count). The Morgan fingerprint density at radius 3 is 1.56 bits per heavy atom. The molecule has 0 spiro atoms. The topological polar surface area (TPSA) is 145 Å². The highest BCUT2D eigenvalue weighted by Crippen LogP contribution is 2.21. The molecule has 1 aliphatic rings. The number of carboxylic acids is 1. The molecular weight excluding hydrogens is 416 g/mol. The number of ether oxygens (including phenoxy) is 1. The molecule has 0 aromatic heterocycles. The number of aliphatic hydroxyl groups excluding tert-OH is 4. The van der Waals surface area contributed by atoms with Crippen molar-refractivity contribution < 1.29 is 39.9 Å².